The van der Waals surface area contributed by atoms with Crippen molar-refractivity contribution in [1.82, 2.24) is 24.7 Å². The number of pyridine rings is 1. The van der Waals surface area contributed by atoms with Crippen molar-refractivity contribution in [3.05, 3.63) is 60.2 Å². The molecule has 1 aliphatic rings. The molecule has 1 saturated heterocycles. The summed E-state index contributed by atoms with van der Waals surface area (Å²) >= 11 is 0. The van der Waals surface area contributed by atoms with Crippen molar-refractivity contribution in [3.63, 3.8) is 0 Å². The lowest BCUT2D eigenvalue weighted by molar-refractivity contribution is 0.102. The quantitative estimate of drug-likeness (QED) is 0.349. The molecular weight excluding hydrogens is 510 g/mol. The van der Waals surface area contributed by atoms with Gasteiger partial charge in [-0.15, -0.1) is 25.8 Å². The second kappa shape index (κ2) is 9.68. The van der Waals surface area contributed by atoms with Crippen LogP contribution in [-0.4, -0.2) is 120 Å². The molecule has 0 atom stereocenters. The third-order valence-electron chi connectivity index (χ3n) is 8.01. The first-order valence-electron chi connectivity index (χ1n) is 12.6. The Morgan fingerprint density at radius 1 is 0.810 bits per heavy atom. The lowest BCUT2D eigenvalue weighted by atomic mass is 9.05. The Hall–Kier alpha value is -3.16. The van der Waals surface area contributed by atoms with Gasteiger partial charge in [0.1, 0.15) is 11.6 Å². The van der Waals surface area contributed by atoms with Crippen LogP contribution in [0.25, 0.3) is 22.2 Å². The SMILES string of the molecule is [B]C1([B])N(c2cc(C(=O)Nc3cc4cc(-c5cnc(C)n5C)ccc4nn3)ccn2)C([B])([B])C([B])([B])C([B])([B])C1([B])[B]. The number of nitrogens with one attached hydrogen (secondary N) is 1. The number of rotatable bonds is 4. The van der Waals surface area contributed by atoms with E-state index in [1.54, 1.807) is 12.3 Å². The highest BCUT2D eigenvalue weighted by molar-refractivity contribution is 6.71. The van der Waals surface area contributed by atoms with Crippen molar-refractivity contribution in [2.24, 2.45) is 7.05 Å². The molecule has 18 heteroatoms. The Kier molecular flexibility index (Phi) is 6.98. The van der Waals surface area contributed by atoms with Gasteiger partial charge in [-0.3, -0.25) is 4.79 Å². The largest absolute Gasteiger partial charge is 0.382 e. The van der Waals surface area contributed by atoms with Crippen LogP contribution < -0.4 is 10.2 Å². The van der Waals surface area contributed by atoms with Gasteiger partial charge in [0.25, 0.3) is 5.91 Å². The van der Waals surface area contributed by atoms with E-state index in [0.29, 0.717) is 5.52 Å². The minimum Gasteiger partial charge on any atom is -0.382 e. The Balaban J connectivity index is 1.48. The van der Waals surface area contributed by atoms with Crippen LogP contribution in [0.3, 0.4) is 0 Å². The van der Waals surface area contributed by atoms with Crippen LogP contribution in [0.2, 0.25) is 15.6 Å². The standard InChI is InChI=1S/C24H15B10N7O/c1-11-36-10-16(40(11)2)12-3-4-15-14(7-12)8-17(39-38-15)37-19(42)13-5-6-35-18(9-13)41-23(31,32)21(27,28)20(25,26)22(29,30)24(41,33)34/h3-10H,1-2H3,(H,37,39,42). The first kappa shape index (κ1) is 30.3. The molecule has 20 radical (unpaired) electrons. The molecule has 0 spiro atoms. The Labute approximate surface area is 257 Å². The molecule has 5 rings (SSSR count). The molecule has 0 unspecified atom stereocenters. The first-order valence-corrected chi connectivity index (χ1v) is 12.6. The van der Waals surface area contributed by atoms with Crippen LogP contribution >= 0.6 is 0 Å². The Morgan fingerprint density at radius 3 is 2.05 bits per heavy atom. The summed E-state index contributed by atoms with van der Waals surface area (Å²) in [5, 5.41) is -0.0860. The second-order valence-corrected chi connectivity index (χ2v) is 10.7. The maximum atomic E-state index is 13.3. The Morgan fingerprint density at radius 2 is 1.45 bits per heavy atom. The van der Waals surface area contributed by atoms with Gasteiger partial charge in [-0.1, -0.05) is 6.07 Å². The average molecular weight is 526 g/mol. The summed E-state index contributed by atoms with van der Waals surface area (Å²) in [5.41, 5.74) is 2.54. The van der Waals surface area contributed by atoms with E-state index < -0.39 is 32.2 Å². The van der Waals surface area contributed by atoms with Gasteiger partial charge in [-0.05, 0) is 47.9 Å². The summed E-state index contributed by atoms with van der Waals surface area (Å²) in [6.45, 7) is 1.91. The molecule has 0 aliphatic carbocycles. The highest BCUT2D eigenvalue weighted by Gasteiger charge is 2.64. The van der Waals surface area contributed by atoms with Crippen LogP contribution in [-0.2, 0) is 7.05 Å². The van der Waals surface area contributed by atoms with E-state index in [1.165, 1.54) is 18.3 Å². The number of hydrogen-bond acceptors (Lipinski definition) is 6. The van der Waals surface area contributed by atoms with Gasteiger partial charge in [0.2, 0.25) is 0 Å². The smallest absolute Gasteiger partial charge is 0.257 e. The maximum Gasteiger partial charge on any atom is 0.257 e. The number of benzene rings is 1. The maximum absolute atomic E-state index is 13.3. The summed E-state index contributed by atoms with van der Waals surface area (Å²) in [6, 6.07) is 10.1. The molecule has 1 aliphatic heterocycles. The molecule has 8 nitrogen and oxygen atoms in total. The number of fused-ring (bicyclic) bond motifs is 1. The zero-order valence-electron chi connectivity index (χ0n) is 23.0. The number of imidazole rings is 1. The molecule has 0 saturated carbocycles. The number of aromatic nitrogens is 5. The lowest BCUT2D eigenvalue weighted by Gasteiger charge is -2.79. The first-order chi connectivity index (χ1) is 19.3. The van der Waals surface area contributed by atoms with Crippen LogP contribution in [0.1, 0.15) is 16.2 Å². The third-order valence-corrected chi connectivity index (χ3v) is 8.01. The fraction of sp³-hybridized carbons (Fsp3) is 0.292. The molecule has 3 aromatic heterocycles. The van der Waals surface area contributed by atoms with Gasteiger partial charge < -0.3 is 14.8 Å². The zero-order chi connectivity index (χ0) is 31.0. The number of aryl methyl sites for hydroxylation is 1. The van der Waals surface area contributed by atoms with Crippen LogP contribution in [0.4, 0.5) is 11.6 Å². The fourth-order valence-corrected chi connectivity index (χ4v) is 4.97. The predicted molar refractivity (Wildman–Crippen MR) is 172 cm³/mol. The monoisotopic (exact) mass is 527 g/mol. The van der Waals surface area contributed by atoms with E-state index in [-0.39, 0.29) is 17.2 Å². The van der Waals surface area contributed by atoms with E-state index in [2.05, 4.69) is 25.5 Å². The average Bonchev–Trinajstić information content (AvgIpc) is 3.25. The van der Waals surface area contributed by atoms with E-state index in [0.717, 1.165) is 27.4 Å². The number of amides is 1. The fourth-order valence-electron chi connectivity index (χ4n) is 4.97. The number of anilines is 2. The van der Waals surface area contributed by atoms with Gasteiger partial charge in [-0.2, -0.15) is 0 Å². The van der Waals surface area contributed by atoms with Crippen LogP contribution in [0, 0.1) is 6.92 Å². The van der Waals surface area contributed by atoms with Gasteiger partial charge in [0.15, 0.2) is 5.82 Å². The normalized spacial score (nSPS) is 19.7. The van der Waals surface area contributed by atoms with Gasteiger partial charge in [0, 0.05) is 29.8 Å². The highest BCUT2D eigenvalue weighted by Crippen LogP contribution is 2.69. The van der Waals surface area contributed by atoms with Gasteiger partial charge in [-0.25, -0.2) is 9.97 Å². The minimum absolute atomic E-state index is 0.0734. The molecule has 42 heavy (non-hydrogen) atoms. The number of piperidine rings is 1. The molecular formula is C24H15B10N7O. The van der Waals surface area contributed by atoms with Crippen molar-refractivity contribution in [3.8, 4) is 11.3 Å². The molecule has 1 aromatic carbocycles. The Bertz CT molecular complexity index is 1690. The molecule has 1 fully saturated rings. The number of hydrogen-bond donors (Lipinski definition) is 1. The summed E-state index contributed by atoms with van der Waals surface area (Å²) in [5.74, 6) is 0.317. The summed E-state index contributed by atoms with van der Waals surface area (Å²) in [4.78, 5) is 22.7. The van der Waals surface area contributed by atoms with Crippen molar-refractivity contribution in [2.75, 3.05) is 10.2 Å². The summed E-state index contributed by atoms with van der Waals surface area (Å²) < 4.78 is 1.97. The zero-order valence-corrected chi connectivity index (χ0v) is 23.0. The van der Waals surface area contributed by atoms with Gasteiger partial charge in [0.05, 0.1) is 95.9 Å². The van der Waals surface area contributed by atoms with Crippen molar-refractivity contribution >= 4 is 107 Å². The van der Waals surface area contributed by atoms with Crippen molar-refractivity contribution in [1.29, 1.82) is 0 Å². The molecule has 1 N–H and O–H groups in total. The molecule has 4 aromatic rings. The van der Waals surface area contributed by atoms with Crippen molar-refractivity contribution < 1.29 is 4.79 Å². The molecule has 0 bridgehead atoms. The van der Waals surface area contributed by atoms with Crippen LogP contribution in [0.5, 0.6) is 0 Å². The topological polar surface area (TPSA) is 88.8 Å². The predicted octanol–water partition coefficient (Wildman–Crippen LogP) is -0.853. The van der Waals surface area contributed by atoms with Crippen LogP contribution in [0.15, 0.2) is 48.8 Å². The summed E-state index contributed by atoms with van der Waals surface area (Å²) in [6.07, 6.45) is 3.06. The minimum atomic E-state index is -2.38. The number of carbonyl (C=O) groups excluding carboxylic acids is 1. The lowest BCUT2D eigenvalue weighted by Crippen LogP contribution is -2.81. The third kappa shape index (κ3) is 4.22. The molecule has 182 valence electrons. The van der Waals surface area contributed by atoms with E-state index >= 15 is 0 Å². The van der Waals surface area contributed by atoms with Crippen molar-refractivity contribution in [2.45, 2.75) is 33.2 Å². The molecule has 4 heterocycles. The number of carbonyl (C=O) groups is 1. The van der Waals surface area contributed by atoms with E-state index in [1.807, 2.05) is 36.7 Å². The van der Waals surface area contributed by atoms with E-state index in [9.17, 15) is 4.79 Å². The highest BCUT2D eigenvalue weighted by atomic mass is 16.1. The number of nitrogens with zero attached hydrogens (tertiary/aromatic N) is 6. The van der Waals surface area contributed by atoms with E-state index in [4.69, 9.17) is 78.5 Å². The summed E-state index contributed by atoms with van der Waals surface area (Å²) in [7, 11) is 64.3. The molecule has 1 amide bonds. The van der Waals surface area contributed by atoms with Gasteiger partial charge >= 0.3 is 0 Å². The second-order valence-electron chi connectivity index (χ2n) is 10.7.